The van der Waals surface area contributed by atoms with E-state index < -0.39 is 0 Å². The Morgan fingerprint density at radius 2 is 0.850 bits per heavy atom. The van der Waals surface area contributed by atoms with E-state index in [1.54, 1.807) is 4.70 Å². The molecule has 3 rings (SSSR count). The average Bonchev–Trinajstić information content (AvgIpc) is 3.26. The Morgan fingerprint density at radius 1 is 0.475 bits per heavy atom. The van der Waals surface area contributed by atoms with Gasteiger partial charge in [0.15, 0.2) is 0 Å². The SMILES string of the molecule is CCCCCCC1=C(c2cc(CC)c(CC)c(CC)c2)[N+](=[N-])C(c2cc(CC)c(CC)c(CC)c2)=C1CCCC. The molecule has 1 heterocycles. The van der Waals surface area contributed by atoms with Gasteiger partial charge in [0.1, 0.15) is 0 Å². The van der Waals surface area contributed by atoms with E-state index in [2.05, 4.69) is 79.7 Å². The highest BCUT2D eigenvalue weighted by Gasteiger charge is 2.36. The Balaban J connectivity index is 2.30. The monoisotopic (exact) mass is 540 g/mol. The van der Waals surface area contributed by atoms with Crippen molar-refractivity contribution in [2.45, 2.75) is 145 Å². The number of hydrogen-bond acceptors (Lipinski definition) is 0. The second-order valence-corrected chi connectivity index (χ2v) is 11.5. The van der Waals surface area contributed by atoms with Crippen LogP contribution in [0, 0.1) is 0 Å². The quantitative estimate of drug-likeness (QED) is 0.149. The number of nitrogens with zero attached hydrogens (tertiary/aromatic N) is 2. The van der Waals surface area contributed by atoms with Gasteiger partial charge in [0, 0.05) is 22.3 Å². The van der Waals surface area contributed by atoms with E-state index in [0.29, 0.717) is 0 Å². The molecule has 40 heavy (non-hydrogen) atoms. The van der Waals surface area contributed by atoms with E-state index in [0.717, 1.165) is 75.6 Å². The zero-order valence-electron chi connectivity index (χ0n) is 27.1. The summed E-state index contributed by atoms with van der Waals surface area (Å²) in [5, 5.41) is 0. The lowest BCUT2D eigenvalue weighted by atomic mass is 9.88. The van der Waals surface area contributed by atoms with Gasteiger partial charge in [-0.1, -0.05) is 81.1 Å². The number of rotatable bonds is 16. The summed E-state index contributed by atoms with van der Waals surface area (Å²) in [5.74, 6) is 0. The van der Waals surface area contributed by atoms with Gasteiger partial charge in [-0.2, -0.15) is 0 Å². The highest BCUT2D eigenvalue weighted by Crippen LogP contribution is 2.45. The minimum absolute atomic E-state index is 1.02. The second-order valence-electron chi connectivity index (χ2n) is 11.5. The van der Waals surface area contributed by atoms with Crippen LogP contribution in [0.2, 0.25) is 0 Å². The van der Waals surface area contributed by atoms with E-state index in [1.807, 2.05) is 0 Å². The minimum atomic E-state index is 1.02. The summed E-state index contributed by atoms with van der Waals surface area (Å²) in [6.45, 7) is 18.2. The van der Waals surface area contributed by atoms with Gasteiger partial charge in [0.2, 0.25) is 11.4 Å². The lowest BCUT2D eigenvalue weighted by Gasteiger charge is -2.17. The van der Waals surface area contributed by atoms with Gasteiger partial charge in [-0.3, -0.25) is 0 Å². The minimum Gasteiger partial charge on any atom is -0.493 e. The van der Waals surface area contributed by atoms with Crippen molar-refractivity contribution in [3.8, 4) is 0 Å². The van der Waals surface area contributed by atoms with Crippen molar-refractivity contribution < 1.29 is 4.70 Å². The Bertz CT molecular complexity index is 1190. The normalized spacial score (nSPS) is 13.8. The average molecular weight is 541 g/mol. The summed E-state index contributed by atoms with van der Waals surface area (Å²) < 4.78 is 1.61. The first-order chi connectivity index (χ1) is 19.4. The molecular formula is C38H56N2. The maximum absolute atomic E-state index is 12.2. The Morgan fingerprint density at radius 3 is 1.18 bits per heavy atom. The van der Waals surface area contributed by atoms with Crippen LogP contribution in [0.25, 0.3) is 16.9 Å². The Hall–Kier alpha value is -2.48. The summed E-state index contributed by atoms with van der Waals surface area (Å²) in [6.07, 6.45) is 15.5. The molecule has 2 nitrogen and oxygen atoms in total. The Labute approximate surface area is 246 Å². The van der Waals surface area contributed by atoms with Gasteiger partial charge in [-0.05, 0) is 122 Å². The molecule has 0 radical (unpaired) electrons. The lowest BCUT2D eigenvalue weighted by molar-refractivity contribution is -0.345. The first-order valence-electron chi connectivity index (χ1n) is 16.7. The lowest BCUT2D eigenvalue weighted by Crippen LogP contribution is -2.07. The number of benzene rings is 2. The molecule has 0 saturated heterocycles. The molecule has 0 aliphatic carbocycles. The van der Waals surface area contributed by atoms with Gasteiger partial charge in [-0.15, -0.1) is 0 Å². The first kappa shape index (κ1) is 32.0. The fourth-order valence-corrected chi connectivity index (χ4v) is 6.91. The van der Waals surface area contributed by atoms with Crippen molar-refractivity contribution in [2.75, 3.05) is 0 Å². The molecule has 2 aromatic rings. The largest absolute Gasteiger partial charge is 0.493 e. The van der Waals surface area contributed by atoms with Crippen LogP contribution in [-0.4, -0.2) is 4.70 Å². The highest BCUT2D eigenvalue weighted by molar-refractivity contribution is 5.83. The first-order valence-corrected chi connectivity index (χ1v) is 16.7. The molecule has 0 bridgehead atoms. The topological polar surface area (TPSA) is 25.3 Å². The molecular weight excluding hydrogens is 484 g/mol. The molecule has 0 fully saturated rings. The highest BCUT2D eigenvalue weighted by atomic mass is 15.2. The predicted molar refractivity (Wildman–Crippen MR) is 175 cm³/mol. The fraction of sp³-hybridized carbons (Fsp3) is 0.579. The fourth-order valence-electron chi connectivity index (χ4n) is 6.91. The van der Waals surface area contributed by atoms with Crippen LogP contribution < -0.4 is 0 Å². The Kier molecular flexibility index (Phi) is 12.4. The van der Waals surface area contributed by atoms with Crippen LogP contribution in [0.3, 0.4) is 0 Å². The van der Waals surface area contributed by atoms with Crippen LogP contribution in [0.1, 0.15) is 151 Å². The molecule has 0 N–H and O–H groups in total. The third-order valence-corrected chi connectivity index (χ3v) is 9.07. The number of unbranched alkanes of at least 4 members (excludes halogenated alkanes) is 4. The van der Waals surface area contributed by atoms with Crippen molar-refractivity contribution in [3.63, 3.8) is 0 Å². The van der Waals surface area contributed by atoms with Gasteiger partial charge >= 0.3 is 0 Å². The molecule has 0 saturated carbocycles. The standard InChI is InChI=1S/C38H56N2/c1-9-17-19-20-22-36-35(21-18-10-2)37(31-23-27(11-3)33(15-7)28(12-4)24-31)40(39)38(36)32-25-29(13-5)34(16-8)30(14-6)26-32/h23-26H,9-22H2,1-8H3. The van der Waals surface area contributed by atoms with E-state index >= 15 is 0 Å². The van der Waals surface area contributed by atoms with E-state index in [9.17, 15) is 5.53 Å². The molecule has 0 spiro atoms. The zero-order valence-corrected chi connectivity index (χ0v) is 27.1. The molecule has 1 aliphatic heterocycles. The van der Waals surface area contributed by atoms with Crippen molar-refractivity contribution in [3.05, 3.63) is 85.5 Å². The summed E-state index contributed by atoms with van der Waals surface area (Å²) in [6, 6.07) is 9.54. The van der Waals surface area contributed by atoms with Gasteiger partial charge in [0.25, 0.3) is 0 Å². The molecule has 0 aromatic heterocycles. The van der Waals surface area contributed by atoms with Crippen molar-refractivity contribution in [1.29, 1.82) is 0 Å². The molecule has 218 valence electrons. The molecule has 0 atom stereocenters. The third kappa shape index (κ3) is 6.69. The van der Waals surface area contributed by atoms with E-state index in [-0.39, 0.29) is 0 Å². The molecule has 2 aromatic carbocycles. The van der Waals surface area contributed by atoms with Crippen molar-refractivity contribution in [2.24, 2.45) is 0 Å². The number of allylic oxidation sites excluding steroid dienone is 2. The van der Waals surface area contributed by atoms with Crippen LogP contribution in [0.4, 0.5) is 0 Å². The van der Waals surface area contributed by atoms with Crippen molar-refractivity contribution in [1.82, 2.24) is 0 Å². The third-order valence-electron chi connectivity index (χ3n) is 9.07. The van der Waals surface area contributed by atoms with Crippen molar-refractivity contribution >= 4 is 11.4 Å². The smallest absolute Gasteiger partial charge is 0.211 e. The maximum atomic E-state index is 12.2. The van der Waals surface area contributed by atoms with Crippen LogP contribution in [-0.2, 0) is 38.5 Å². The van der Waals surface area contributed by atoms with E-state index in [1.165, 1.54) is 81.3 Å². The molecule has 2 heteroatoms. The predicted octanol–water partition coefficient (Wildman–Crippen LogP) is 11.4. The maximum Gasteiger partial charge on any atom is 0.211 e. The summed E-state index contributed by atoms with van der Waals surface area (Å²) >= 11 is 0. The summed E-state index contributed by atoms with van der Waals surface area (Å²) in [4.78, 5) is 0. The molecule has 0 unspecified atom stereocenters. The van der Waals surface area contributed by atoms with Crippen LogP contribution >= 0.6 is 0 Å². The van der Waals surface area contributed by atoms with Gasteiger partial charge in [-0.25, -0.2) is 4.70 Å². The number of hydrogen-bond donors (Lipinski definition) is 0. The van der Waals surface area contributed by atoms with Gasteiger partial charge < -0.3 is 5.53 Å². The van der Waals surface area contributed by atoms with Crippen LogP contribution in [0.15, 0.2) is 35.4 Å². The van der Waals surface area contributed by atoms with Crippen LogP contribution in [0.5, 0.6) is 0 Å². The second kappa shape index (κ2) is 15.5. The number of aryl methyl sites for hydroxylation is 4. The van der Waals surface area contributed by atoms with Gasteiger partial charge in [0.05, 0.1) is 0 Å². The zero-order chi connectivity index (χ0) is 29.2. The summed E-state index contributed by atoms with van der Waals surface area (Å²) in [7, 11) is 0. The summed E-state index contributed by atoms with van der Waals surface area (Å²) in [5.41, 5.74) is 28.2. The molecule has 1 aliphatic rings. The van der Waals surface area contributed by atoms with E-state index in [4.69, 9.17) is 0 Å². The molecule has 0 amide bonds.